The second-order valence-electron chi connectivity index (χ2n) is 4.96. The molecule has 110 valence electrons. The van der Waals surface area contributed by atoms with Crippen molar-refractivity contribution in [2.75, 3.05) is 19.6 Å². The first-order valence-corrected chi connectivity index (χ1v) is 6.89. The van der Waals surface area contributed by atoms with Crippen LogP contribution in [-0.2, 0) is 13.0 Å². The van der Waals surface area contributed by atoms with Gasteiger partial charge in [-0.2, -0.15) is 0 Å². The molecule has 0 aromatic heterocycles. The maximum absolute atomic E-state index is 12.4. The third-order valence-corrected chi connectivity index (χ3v) is 3.67. The van der Waals surface area contributed by atoms with E-state index in [2.05, 4.69) is 5.92 Å². The number of carboxylic acids is 1. The van der Waals surface area contributed by atoms with Crippen LogP contribution >= 0.6 is 0 Å². The van der Waals surface area contributed by atoms with Crippen LogP contribution in [0.3, 0.4) is 0 Å². The Morgan fingerprint density at radius 3 is 2.81 bits per heavy atom. The van der Waals surface area contributed by atoms with Crippen LogP contribution in [0.5, 0.6) is 0 Å². The number of carbonyl (C=O) groups is 2. The number of nitrogens with zero attached hydrogens (tertiary/aromatic N) is 2. The van der Waals surface area contributed by atoms with Crippen LogP contribution < -0.4 is 0 Å². The summed E-state index contributed by atoms with van der Waals surface area (Å²) in [5, 5.41) is 9.05. The second-order valence-corrected chi connectivity index (χ2v) is 4.96. The molecular formula is C16H18N2O3. The number of benzene rings is 1. The number of hydrogen-bond acceptors (Lipinski definition) is 2. The molecule has 1 aliphatic rings. The minimum atomic E-state index is -0.955. The lowest BCUT2D eigenvalue weighted by Crippen LogP contribution is -2.45. The molecule has 0 atom stereocenters. The van der Waals surface area contributed by atoms with Crippen molar-refractivity contribution in [3.05, 3.63) is 34.9 Å². The average molecular weight is 286 g/mol. The zero-order chi connectivity index (χ0) is 15.4. The van der Waals surface area contributed by atoms with Gasteiger partial charge in [0.15, 0.2) is 0 Å². The number of hydrogen-bond donors (Lipinski definition) is 1. The monoisotopic (exact) mass is 286 g/mol. The van der Waals surface area contributed by atoms with Crippen LogP contribution in [0.15, 0.2) is 18.2 Å². The molecule has 0 saturated carbocycles. The van der Waals surface area contributed by atoms with E-state index < -0.39 is 5.97 Å². The predicted octanol–water partition coefficient (Wildman–Crippen LogP) is 1.82. The smallest absolute Gasteiger partial charge is 0.335 e. The van der Waals surface area contributed by atoms with Crippen LogP contribution in [0.25, 0.3) is 0 Å². The maximum Gasteiger partial charge on any atom is 0.335 e. The van der Waals surface area contributed by atoms with Gasteiger partial charge in [0.2, 0.25) is 0 Å². The third kappa shape index (κ3) is 3.16. The van der Waals surface area contributed by atoms with Gasteiger partial charge in [-0.3, -0.25) is 0 Å². The van der Waals surface area contributed by atoms with Gasteiger partial charge in [-0.05, 0) is 36.6 Å². The summed E-state index contributed by atoms with van der Waals surface area (Å²) in [4.78, 5) is 26.7. The lowest BCUT2D eigenvalue weighted by molar-refractivity contribution is 0.0696. The van der Waals surface area contributed by atoms with Gasteiger partial charge in [0.25, 0.3) is 0 Å². The predicted molar refractivity (Wildman–Crippen MR) is 79.0 cm³/mol. The van der Waals surface area contributed by atoms with Gasteiger partial charge in [-0.25, -0.2) is 9.59 Å². The Balaban J connectivity index is 2.18. The summed E-state index contributed by atoms with van der Waals surface area (Å²) < 4.78 is 0. The zero-order valence-electron chi connectivity index (χ0n) is 12.0. The van der Waals surface area contributed by atoms with Crippen molar-refractivity contribution in [1.29, 1.82) is 0 Å². The van der Waals surface area contributed by atoms with E-state index in [9.17, 15) is 9.59 Å². The van der Waals surface area contributed by atoms with Crippen molar-refractivity contribution in [2.45, 2.75) is 19.9 Å². The molecule has 0 aliphatic carbocycles. The highest BCUT2D eigenvalue weighted by atomic mass is 16.4. The van der Waals surface area contributed by atoms with Crippen molar-refractivity contribution in [1.82, 2.24) is 9.80 Å². The summed E-state index contributed by atoms with van der Waals surface area (Å²) in [7, 11) is 0. The third-order valence-electron chi connectivity index (χ3n) is 3.67. The molecule has 5 heteroatoms. The lowest BCUT2D eigenvalue weighted by Gasteiger charge is -2.33. The molecule has 2 rings (SSSR count). The van der Waals surface area contributed by atoms with Crippen LogP contribution in [0, 0.1) is 12.3 Å². The van der Waals surface area contributed by atoms with Gasteiger partial charge in [-0.15, -0.1) is 6.42 Å². The molecule has 2 amide bonds. The summed E-state index contributed by atoms with van der Waals surface area (Å²) in [6, 6.07) is 4.99. The minimum Gasteiger partial charge on any atom is -0.478 e. The number of urea groups is 1. The van der Waals surface area contributed by atoms with E-state index in [0.29, 0.717) is 19.6 Å². The summed E-state index contributed by atoms with van der Waals surface area (Å²) >= 11 is 0. The van der Waals surface area contributed by atoms with E-state index >= 15 is 0 Å². The quantitative estimate of drug-likeness (QED) is 0.862. The van der Waals surface area contributed by atoms with Crippen molar-refractivity contribution in [3.8, 4) is 12.3 Å². The van der Waals surface area contributed by atoms with E-state index in [1.54, 1.807) is 21.9 Å². The Hall–Kier alpha value is -2.48. The largest absolute Gasteiger partial charge is 0.478 e. The Kier molecular flexibility index (Phi) is 4.49. The number of carboxylic acid groups (broad SMARTS) is 1. The van der Waals surface area contributed by atoms with Crippen molar-refractivity contribution < 1.29 is 14.7 Å². The van der Waals surface area contributed by atoms with Crippen LogP contribution in [0.4, 0.5) is 4.79 Å². The number of carbonyl (C=O) groups excluding carboxylic acids is 1. The van der Waals surface area contributed by atoms with Gasteiger partial charge in [-0.1, -0.05) is 12.0 Å². The van der Waals surface area contributed by atoms with Gasteiger partial charge >= 0.3 is 12.0 Å². The molecule has 0 saturated heterocycles. The Bertz CT molecular complexity index is 604. The normalized spacial score (nSPS) is 13.2. The molecule has 1 N–H and O–H groups in total. The van der Waals surface area contributed by atoms with Crippen molar-refractivity contribution >= 4 is 12.0 Å². The van der Waals surface area contributed by atoms with E-state index in [4.69, 9.17) is 11.5 Å². The number of aromatic carboxylic acids is 1. The molecule has 0 radical (unpaired) electrons. The topological polar surface area (TPSA) is 60.9 Å². The second kappa shape index (κ2) is 6.31. The number of rotatable bonds is 3. The molecule has 0 spiro atoms. The number of fused-ring (bicyclic) bond motifs is 1. The lowest BCUT2D eigenvalue weighted by atomic mass is 9.97. The van der Waals surface area contributed by atoms with Crippen molar-refractivity contribution in [2.24, 2.45) is 0 Å². The van der Waals surface area contributed by atoms with Gasteiger partial charge < -0.3 is 14.9 Å². The molecule has 1 heterocycles. The van der Waals surface area contributed by atoms with E-state index in [-0.39, 0.29) is 18.1 Å². The van der Waals surface area contributed by atoms with Gasteiger partial charge in [0.1, 0.15) is 0 Å². The standard InChI is InChI=1S/C16H18N2O3/c1-3-8-17(4-2)16(21)18-9-7-12-5-6-13(15(19)20)10-14(12)11-18/h1,5-6,10H,4,7-9,11H2,2H3,(H,19,20). The number of terminal acetylenes is 1. The summed E-state index contributed by atoms with van der Waals surface area (Å²) in [6.45, 7) is 3.78. The van der Waals surface area contributed by atoms with E-state index in [0.717, 1.165) is 17.5 Å². The Labute approximate surface area is 124 Å². The molecule has 0 bridgehead atoms. The molecule has 1 aliphatic heterocycles. The summed E-state index contributed by atoms with van der Waals surface area (Å²) in [6.07, 6.45) is 6.01. The highest BCUT2D eigenvalue weighted by Gasteiger charge is 2.24. The molecule has 0 fully saturated rings. The summed E-state index contributed by atoms with van der Waals surface area (Å²) in [5.41, 5.74) is 2.24. The molecular weight excluding hydrogens is 268 g/mol. The van der Waals surface area contributed by atoms with Crippen LogP contribution in [0.2, 0.25) is 0 Å². The fraction of sp³-hybridized carbons (Fsp3) is 0.375. The van der Waals surface area contributed by atoms with E-state index in [1.165, 1.54) is 0 Å². The van der Waals surface area contributed by atoms with E-state index in [1.807, 2.05) is 13.0 Å². The Morgan fingerprint density at radius 1 is 1.43 bits per heavy atom. The fourth-order valence-corrected chi connectivity index (χ4v) is 2.48. The highest BCUT2D eigenvalue weighted by molar-refractivity contribution is 5.88. The molecule has 21 heavy (non-hydrogen) atoms. The van der Waals surface area contributed by atoms with Crippen LogP contribution in [-0.4, -0.2) is 46.5 Å². The number of amides is 2. The first kappa shape index (κ1) is 14.9. The zero-order valence-corrected chi connectivity index (χ0v) is 12.0. The molecule has 5 nitrogen and oxygen atoms in total. The summed E-state index contributed by atoms with van der Waals surface area (Å²) in [5.74, 6) is 1.53. The first-order chi connectivity index (χ1) is 10.1. The van der Waals surface area contributed by atoms with Gasteiger partial charge in [0, 0.05) is 19.6 Å². The van der Waals surface area contributed by atoms with Crippen LogP contribution in [0.1, 0.15) is 28.4 Å². The first-order valence-electron chi connectivity index (χ1n) is 6.89. The highest BCUT2D eigenvalue weighted by Crippen LogP contribution is 2.21. The molecule has 1 aromatic rings. The van der Waals surface area contributed by atoms with Crippen molar-refractivity contribution in [3.63, 3.8) is 0 Å². The fourth-order valence-electron chi connectivity index (χ4n) is 2.48. The average Bonchev–Trinajstić information content (AvgIpc) is 2.50. The molecule has 0 unspecified atom stereocenters. The van der Waals surface area contributed by atoms with Gasteiger partial charge in [0.05, 0.1) is 12.1 Å². The Morgan fingerprint density at radius 2 is 2.19 bits per heavy atom. The SMILES string of the molecule is C#CCN(CC)C(=O)N1CCc2ccc(C(=O)O)cc2C1. The minimum absolute atomic E-state index is 0.0955. The molecule has 1 aromatic carbocycles. The maximum atomic E-state index is 12.4.